The van der Waals surface area contributed by atoms with Gasteiger partial charge in [0, 0.05) is 17.8 Å². The van der Waals surface area contributed by atoms with Crippen LogP contribution in [0.3, 0.4) is 0 Å². The summed E-state index contributed by atoms with van der Waals surface area (Å²) in [5.74, 6) is 0. The van der Waals surface area contributed by atoms with E-state index >= 15 is 0 Å². The molecule has 0 unspecified atom stereocenters. The Morgan fingerprint density at radius 1 is 1.24 bits per heavy atom. The molecule has 2 rings (SSSR count). The van der Waals surface area contributed by atoms with Crippen molar-refractivity contribution in [2.24, 2.45) is 0 Å². The van der Waals surface area contributed by atoms with E-state index in [-0.39, 0.29) is 11.0 Å². The van der Waals surface area contributed by atoms with Gasteiger partial charge >= 0.3 is 0 Å². The Balaban J connectivity index is 2.63. The van der Waals surface area contributed by atoms with E-state index in [4.69, 9.17) is 4.18 Å². The molecule has 90 valence electrons. The van der Waals surface area contributed by atoms with Gasteiger partial charge < -0.3 is 0 Å². The van der Waals surface area contributed by atoms with Crippen molar-refractivity contribution in [1.82, 2.24) is 4.98 Å². The van der Waals surface area contributed by atoms with Gasteiger partial charge in [0.05, 0.1) is 6.10 Å². The van der Waals surface area contributed by atoms with Crippen LogP contribution >= 0.6 is 0 Å². The first-order valence-electron chi connectivity index (χ1n) is 5.27. The lowest BCUT2D eigenvalue weighted by atomic mass is 10.2. The van der Waals surface area contributed by atoms with Crippen LogP contribution in [0.5, 0.6) is 0 Å². The molecule has 0 fully saturated rings. The van der Waals surface area contributed by atoms with Crippen molar-refractivity contribution in [2.45, 2.75) is 24.8 Å². The Hall–Kier alpha value is -1.46. The minimum Gasteiger partial charge on any atom is -0.264 e. The Morgan fingerprint density at radius 2 is 2.00 bits per heavy atom. The normalized spacial score (nSPS) is 12.2. The maximum atomic E-state index is 12.0. The van der Waals surface area contributed by atoms with Crippen molar-refractivity contribution in [3.05, 3.63) is 36.7 Å². The first-order chi connectivity index (χ1) is 8.00. The molecule has 0 amide bonds. The zero-order valence-electron chi connectivity index (χ0n) is 9.62. The molecule has 1 aromatic carbocycles. The fourth-order valence-electron chi connectivity index (χ4n) is 1.61. The molecule has 0 aliphatic carbocycles. The van der Waals surface area contributed by atoms with Gasteiger partial charge in [-0.15, -0.1) is 0 Å². The summed E-state index contributed by atoms with van der Waals surface area (Å²) in [5, 5.41) is 1.41. The third-order valence-corrected chi connectivity index (χ3v) is 3.77. The minimum atomic E-state index is -3.73. The molecular weight excluding hydrogens is 238 g/mol. The van der Waals surface area contributed by atoms with Gasteiger partial charge in [0.2, 0.25) is 0 Å². The molecule has 0 radical (unpaired) electrons. The van der Waals surface area contributed by atoms with Crippen LogP contribution in [0.1, 0.15) is 13.8 Å². The molecule has 1 heterocycles. The molecule has 4 nitrogen and oxygen atoms in total. The van der Waals surface area contributed by atoms with E-state index in [1.54, 1.807) is 32.2 Å². The number of aromatic nitrogens is 1. The highest BCUT2D eigenvalue weighted by Crippen LogP contribution is 2.24. The van der Waals surface area contributed by atoms with E-state index in [9.17, 15) is 8.42 Å². The van der Waals surface area contributed by atoms with Crippen molar-refractivity contribution in [2.75, 3.05) is 0 Å². The summed E-state index contributed by atoms with van der Waals surface area (Å²) >= 11 is 0. The predicted molar refractivity (Wildman–Crippen MR) is 65.1 cm³/mol. The summed E-state index contributed by atoms with van der Waals surface area (Å²) in [6.45, 7) is 3.36. The Labute approximate surface area is 100 Å². The molecular formula is C12H13NO3S. The average Bonchev–Trinajstić information content (AvgIpc) is 2.26. The average molecular weight is 251 g/mol. The molecule has 0 saturated carbocycles. The largest absolute Gasteiger partial charge is 0.297 e. The third kappa shape index (κ3) is 2.45. The van der Waals surface area contributed by atoms with Gasteiger partial charge in [-0.2, -0.15) is 8.42 Å². The molecule has 0 atom stereocenters. The van der Waals surface area contributed by atoms with Gasteiger partial charge in [0.15, 0.2) is 0 Å². The van der Waals surface area contributed by atoms with Gasteiger partial charge in [-0.25, -0.2) is 0 Å². The maximum absolute atomic E-state index is 12.0. The van der Waals surface area contributed by atoms with Crippen molar-refractivity contribution < 1.29 is 12.6 Å². The number of hydrogen-bond donors (Lipinski definition) is 0. The number of rotatable bonds is 3. The van der Waals surface area contributed by atoms with Crippen LogP contribution < -0.4 is 0 Å². The summed E-state index contributed by atoms with van der Waals surface area (Å²) in [4.78, 5) is 4.11. The third-order valence-electron chi connectivity index (χ3n) is 2.23. The zero-order valence-corrected chi connectivity index (χ0v) is 10.4. The fraction of sp³-hybridized carbons (Fsp3) is 0.250. The zero-order chi connectivity index (χ0) is 12.5. The van der Waals surface area contributed by atoms with Crippen LogP contribution in [-0.4, -0.2) is 19.5 Å². The van der Waals surface area contributed by atoms with Crippen molar-refractivity contribution in [3.63, 3.8) is 0 Å². The Morgan fingerprint density at radius 3 is 2.71 bits per heavy atom. The number of fused-ring (bicyclic) bond motifs is 1. The highest BCUT2D eigenvalue weighted by atomic mass is 32.2. The predicted octanol–water partition coefficient (Wildman–Crippen LogP) is 2.35. The van der Waals surface area contributed by atoms with E-state index in [1.807, 2.05) is 6.07 Å². The molecule has 0 N–H and O–H groups in total. The summed E-state index contributed by atoms with van der Waals surface area (Å²) in [6, 6.07) is 6.83. The van der Waals surface area contributed by atoms with Crippen LogP contribution in [-0.2, 0) is 14.3 Å². The number of hydrogen-bond acceptors (Lipinski definition) is 4. The van der Waals surface area contributed by atoms with Crippen molar-refractivity contribution >= 4 is 20.9 Å². The monoisotopic (exact) mass is 251 g/mol. The van der Waals surface area contributed by atoms with Crippen molar-refractivity contribution in [3.8, 4) is 0 Å². The number of benzene rings is 1. The smallest absolute Gasteiger partial charge is 0.264 e. The van der Waals surface area contributed by atoms with Crippen LogP contribution in [0.4, 0.5) is 0 Å². The van der Waals surface area contributed by atoms with Gasteiger partial charge in [0.1, 0.15) is 4.90 Å². The van der Waals surface area contributed by atoms with Crippen LogP contribution in [0.2, 0.25) is 0 Å². The SMILES string of the molecule is CC(C)OS(=O)(=O)c1cccc2ccncc12. The lowest BCUT2D eigenvalue weighted by Gasteiger charge is -2.10. The van der Waals surface area contributed by atoms with Crippen LogP contribution in [0.25, 0.3) is 10.8 Å². The molecule has 0 spiro atoms. The van der Waals surface area contributed by atoms with Crippen molar-refractivity contribution in [1.29, 1.82) is 0 Å². The number of nitrogens with zero attached hydrogens (tertiary/aromatic N) is 1. The fourth-order valence-corrected chi connectivity index (χ4v) is 2.90. The second kappa shape index (κ2) is 4.43. The Kier molecular flexibility index (Phi) is 3.13. The van der Waals surface area contributed by atoms with Gasteiger partial charge in [-0.3, -0.25) is 9.17 Å². The highest BCUT2D eigenvalue weighted by Gasteiger charge is 2.19. The maximum Gasteiger partial charge on any atom is 0.297 e. The van der Waals surface area contributed by atoms with E-state index in [0.29, 0.717) is 5.39 Å². The molecule has 2 aromatic rings. The standard InChI is InChI=1S/C12H13NO3S/c1-9(2)16-17(14,15)12-5-3-4-10-6-7-13-8-11(10)12/h3-9H,1-2H3. The lowest BCUT2D eigenvalue weighted by Crippen LogP contribution is -2.12. The van der Waals surface area contributed by atoms with Crippen LogP contribution in [0.15, 0.2) is 41.6 Å². The lowest BCUT2D eigenvalue weighted by molar-refractivity contribution is 0.249. The van der Waals surface area contributed by atoms with Crippen LogP contribution in [0, 0.1) is 0 Å². The summed E-state index contributed by atoms with van der Waals surface area (Å²) in [5.41, 5.74) is 0. The molecule has 5 heteroatoms. The molecule has 0 aliphatic rings. The summed E-state index contributed by atoms with van der Waals surface area (Å²) in [7, 11) is -3.73. The summed E-state index contributed by atoms with van der Waals surface area (Å²) in [6.07, 6.45) is 2.78. The van der Waals surface area contributed by atoms with Gasteiger partial charge in [0.25, 0.3) is 10.1 Å². The molecule has 0 bridgehead atoms. The van der Waals surface area contributed by atoms with E-state index in [2.05, 4.69) is 4.98 Å². The highest BCUT2D eigenvalue weighted by molar-refractivity contribution is 7.87. The second-order valence-electron chi connectivity index (χ2n) is 3.95. The molecule has 0 saturated heterocycles. The second-order valence-corrected chi connectivity index (χ2v) is 5.49. The van der Waals surface area contributed by atoms with E-state index < -0.39 is 10.1 Å². The first kappa shape index (κ1) is 12.0. The first-order valence-corrected chi connectivity index (χ1v) is 6.67. The molecule has 17 heavy (non-hydrogen) atoms. The van der Waals surface area contributed by atoms with Gasteiger partial charge in [-0.05, 0) is 31.4 Å². The van der Waals surface area contributed by atoms with Gasteiger partial charge in [-0.1, -0.05) is 12.1 Å². The molecule has 1 aromatic heterocycles. The topological polar surface area (TPSA) is 56.3 Å². The minimum absolute atomic E-state index is 0.164. The number of pyridine rings is 1. The summed E-state index contributed by atoms with van der Waals surface area (Å²) < 4.78 is 29.0. The van der Waals surface area contributed by atoms with E-state index in [1.165, 1.54) is 12.3 Å². The molecule has 0 aliphatic heterocycles. The Bertz CT molecular complexity index is 630. The van der Waals surface area contributed by atoms with E-state index in [0.717, 1.165) is 5.39 Å². The quantitative estimate of drug-likeness (QED) is 0.786.